The highest BCUT2D eigenvalue weighted by Gasteiger charge is 2.39. The van der Waals surface area contributed by atoms with Gasteiger partial charge in [-0.15, -0.1) is 11.3 Å². The molecule has 1 amide bonds. The fourth-order valence-corrected chi connectivity index (χ4v) is 6.90. The molecule has 0 aliphatic carbocycles. The van der Waals surface area contributed by atoms with E-state index in [0.717, 1.165) is 55.9 Å². The van der Waals surface area contributed by atoms with Gasteiger partial charge in [0.1, 0.15) is 4.88 Å². The van der Waals surface area contributed by atoms with Gasteiger partial charge in [-0.1, -0.05) is 12.1 Å². The Morgan fingerprint density at radius 2 is 1.83 bits per heavy atom. The van der Waals surface area contributed by atoms with Gasteiger partial charge in [-0.05, 0) is 61.6 Å². The van der Waals surface area contributed by atoms with Crippen molar-refractivity contribution in [1.82, 2.24) is 15.6 Å². The van der Waals surface area contributed by atoms with E-state index >= 15 is 0 Å². The maximum absolute atomic E-state index is 12.7. The van der Waals surface area contributed by atoms with Gasteiger partial charge in [-0.2, -0.15) is 0 Å². The molecule has 0 bridgehead atoms. The molecule has 35 heavy (non-hydrogen) atoms. The number of hydrogen-bond donors (Lipinski definition) is 3. The number of amides is 1. The molecule has 4 aromatic rings. The number of benzene rings is 2. The zero-order chi connectivity index (χ0) is 23.6. The molecule has 7 heteroatoms. The highest BCUT2D eigenvalue weighted by molar-refractivity contribution is 7.21. The number of rotatable bonds is 2. The number of fused-ring (bicyclic) bond motifs is 5. The summed E-state index contributed by atoms with van der Waals surface area (Å²) in [5, 5.41) is 12.2. The molecule has 7 rings (SSSR count). The van der Waals surface area contributed by atoms with E-state index in [1.807, 2.05) is 6.92 Å². The number of aromatic nitrogens is 1. The molecule has 1 atom stereocenters. The van der Waals surface area contributed by atoms with Crippen LogP contribution in [0.15, 0.2) is 48.5 Å². The van der Waals surface area contributed by atoms with E-state index in [1.165, 1.54) is 31.6 Å². The van der Waals surface area contributed by atoms with Crippen LogP contribution in [0, 0.1) is 5.41 Å². The number of carbonyl (C=O) groups is 1. The van der Waals surface area contributed by atoms with Gasteiger partial charge in [0.05, 0.1) is 16.9 Å². The SMILES string of the molecule is CC1CNc2c(sc3ccc4nc(-c5ccc(N6CCC7(CC6)CNC7)cc5)ccc4c23)C(=O)N1. The van der Waals surface area contributed by atoms with Crippen LogP contribution in [0.3, 0.4) is 0 Å². The molecule has 5 heterocycles. The summed E-state index contributed by atoms with van der Waals surface area (Å²) in [5.41, 5.74) is 5.87. The van der Waals surface area contributed by atoms with Crippen molar-refractivity contribution in [3.05, 3.63) is 53.4 Å². The van der Waals surface area contributed by atoms with Gasteiger partial charge in [0.2, 0.25) is 0 Å². The van der Waals surface area contributed by atoms with Crippen molar-refractivity contribution >= 4 is 49.6 Å². The number of carbonyl (C=O) groups excluding carboxylic acids is 1. The van der Waals surface area contributed by atoms with Crippen LogP contribution in [0.5, 0.6) is 0 Å². The summed E-state index contributed by atoms with van der Waals surface area (Å²) in [6, 6.07) is 17.4. The number of anilines is 2. The summed E-state index contributed by atoms with van der Waals surface area (Å²) < 4.78 is 1.11. The quantitative estimate of drug-likeness (QED) is 0.380. The van der Waals surface area contributed by atoms with Crippen LogP contribution in [-0.2, 0) is 0 Å². The summed E-state index contributed by atoms with van der Waals surface area (Å²) in [6.07, 6.45) is 2.56. The molecule has 3 aliphatic heterocycles. The lowest BCUT2D eigenvalue weighted by Crippen LogP contribution is -2.58. The Bertz CT molecular complexity index is 1450. The third kappa shape index (κ3) is 3.48. The fraction of sp³-hybridized carbons (Fsp3) is 0.357. The Morgan fingerprint density at radius 3 is 2.57 bits per heavy atom. The molecule has 178 valence electrons. The summed E-state index contributed by atoms with van der Waals surface area (Å²) in [6.45, 7) is 7.40. The molecule has 2 fully saturated rings. The minimum Gasteiger partial charge on any atom is -0.381 e. The highest BCUT2D eigenvalue weighted by atomic mass is 32.1. The zero-order valence-corrected chi connectivity index (χ0v) is 20.7. The highest BCUT2D eigenvalue weighted by Crippen LogP contribution is 2.41. The molecule has 3 aliphatic rings. The number of pyridine rings is 1. The molecule has 6 nitrogen and oxygen atoms in total. The van der Waals surface area contributed by atoms with Crippen molar-refractivity contribution in [1.29, 1.82) is 0 Å². The monoisotopic (exact) mass is 483 g/mol. The van der Waals surface area contributed by atoms with Crippen LogP contribution in [0.4, 0.5) is 11.4 Å². The lowest BCUT2D eigenvalue weighted by atomic mass is 9.73. The largest absolute Gasteiger partial charge is 0.381 e. The van der Waals surface area contributed by atoms with E-state index in [-0.39, 0.29) is 11.9 Å². The predicted octanol–water partition coefficient (Wildman–Crippen LogP) is 4.85. The number of thiophene rings is 1. The van der Waals surface area contributed by atoms with Gasteiger partial charge in [-0.3, -0.25) is 4.79 Å². The van der Waals surface area contributed by atoms with Crippen LogP contribution in [0.25, 0.3) is 32.2 Å². The standard InChI is InChI=1S/C28H29N5OS/c1-17-14-30-25-24-20-6-7-21(32-22(20)8-9-23(24)35-26(25)27(34)31-17)18-2-4-19(5-3-18)33-12-10-28(11-13-33)15-29-16-28/h2-9,17,29-30H,10-16H2,1H3,(H,31,34). The average molecular weight is 484 g/mol. The lowest BCUT2D eigenvalue weighted by Gasteiger charge is -2.49. The first-order chi connectivity index (χ1) is 17.1. The number of nitrogens with zero attached hydrogens (tertiary/aromatic N) is 2. The fourth-order valence-electron chi connectivity index (χ4n) is 5.80. The number of hydrogen-bond acceptors (Lipinski definition) is 6. The van der Waals surface area contributed by atoms with Crippen LogP contribution < -0.4 is 20.9 Å². The molecule has 0 radical (unpaired) electrons. The Balaban J connectivity index is 1.19. The normalized spacial score (nSPS) is 21.3. The zero-order valence-electron chi connectivity index (χ0n) is 19.9. The molecule has 2 aromatic heterocycles. The van der Waals surface area contributed by atoms with E-state index in [2.05, 4.69) is 69.4 Å². The van der Waals surface area contributed by atoms with Crippen LogP contribution in [-0.4, -0.2) is 49.7 Å². The number of nitrogens with one attached hydrogen (secondary N) is 3. The molecular formula is C28H29N5OS. The molecule has 1 spiro atoms. The van der Waals surface area contributed by atoms with E-state index in [1.54, 1.807) is 11.3 Å². The topological polar surface area (TPSA) is 69.3 Å². The summed E-state index contributed by atoms with van der Waals surface area (Å²) >= 11 is 1.55. The van der Waals surface area contributed by atoms with Crippen molar-refractivity contribution in [3.8, 4) is 11.3 Å². The third-order valence-electron chi connectivity index (χ3n) is 8.04. The Labute approximate surface area is 208 Å². The molecular weight excluding hydrogens is 454 g/mol. The van der Waals surface area contributed by atoms with Crippen LogP contribution >= 0.6 is 11.3 Å². The predicted molar refractivity (Wildman–Crippen MR) is 145 cm³/mol. The van der Waals surface area contributed by atoms with Gasteiger partial charge in [0.25, 0.3) is 5.91 Å². The Hall–Kier alpha value is -3.16. The minimum atomic E-state index is 0.00440. The van der Waals surface area contributed by atoms with Gasteiger partial charge >= 0.3 is 0 Å². The molecule has 0 saturated carbocycles. The van der Waals surface area contributed by atoms with E-state index in [0.29, 0.717) is 12.0 Å². The van der Waals surface area contributed by atoms with Crippen LogP contribution in [0.2, 0.25) is 0 Å². The van der Waals surface area contributed by atoms with Gasteiger partial charge in [0, 0.05) is 65.5 Å². The molecule has 3 N–H and O–H groups in total. The Kier molecular flexibility index (Phi) is 4.79. The van der Waals surface area contributed by atoms with Gasteiger partial charge in [-0.25, -0.2) is 4.98 Å². The first-order valence-corrected chi connectivity index (χ1v) is 13.4. The molecule has 1 unspecified atom stereocenters. The molecule has 2 aromatic carbocycles. The second-order valence-electron chi connectivity index (χ2n) is 10.4. The van der Waals surface area contributed by atoms with E-state index < -0.39 is 0 Å². The first-order valence-electron chi connectivity index (χ1n) is 12.6. The van der Waals surface area contributed by atoms with Crippen LogP contribution in [0.1, 0.15) is 29.4 Å². The summed E-state index contributed by atoms with van der Waals surface area (Å²) in [5.74, 6) is 0.00440. The Morgan fingerprint density at radius 1 is 1.03 bits per heavy atom. The van der Waals surface area contributed by atoms with E-state index in [9.17, 15) is 4.79 Å². The second kappa shape index (κ2) is 7.93. The summed E-state index contributed by atoms with van der Waals surface area (Å²) in [7, 11) is 0. The molecule has 2 saturated heterocycles. The maximum atomic E-state index is 12.7. The van der Waals surface area contributed by atoms with Crippen molar-refractivity contribution in [2.45, 2.75) is 25.8 Å². The minimum absolute atomic E-state index is 0.00440. The maximum Gasteiger partial charge on any atom is 0.263 e. The van der Waals surface area contributed by atoms with Crippen molar-refractivity contribution in [2.24, 2.45) is 5.41 Å². The van der Waals surface area contributed by atoms with Gasteiger partial charge < -0.3 is 20.9 Å². The number of piperidine rings is 1. The second-order valence-corrected chi connectivity index (χ2v) is 11.5. The van der Waals surface area contributed by atoms with Crippen molar-refractivity contribution < 1.29 is 4.79 Å². The van der Waals surface area contributed by atoms with Gasteiger partial charge in [0.15, 0.2) is 0 Å². The first kappa shape index (κ1) is 21.1. The summed E-state index contributed by atoms with van der Waals surface area (Å²) in [4.78, 5) is 21.0. The smallest absolute Gasteiger partial charge is 0.263 e. The van der Waals surface area contributed by atoms with Crippen molar-refractivity contribution in [3.63, 3.8) is 0 Å². The van der Waals surface area contributed by atoms with Crippen molar-refractivity contribution in [2.75, 3.05) is 42.9 Å². The average Bonchev–Trinajstić information content (AvgIpc) is 3.19. The lowest BCUT2D eigenvalue weighted by molar-refractivity contribution is 0.0949. The third-order valence-corrected chi connectivity index (χ3v) is 9.20. The van der Waals surface area contributed by atoms with E-state index in [4.69, 9.17) is 4.98 Å².